The number of ether oxygens (including phenoxy) is 2. The Labute approximate surface area is 128 Å². The number of rotatable bonds is 5. The van der Waals surface area contributed by atoms with E-state index in [1.165, 1.54) is 37.4 Å². The van der Waals surface area contributed by atoms with Crippen molar-refractivity contribution in [3.05, 3.63) is 57.9 Å². The summed E-state index contributed by atoms with van der Waals surface area (Å²) in [6.45, 7) is 0. The summed E-state index contributed by atoms with van der Waals surface area (Å²) in [5.41, 5.74) is 0.592. The van der Waals surface area contributed by atoms with E-state index in [0.717, 1.165) is 5.56 Å². The molecule has 0 aromatic heterocycles. The second kappa shape index (κ2) is 6.53. The van der Waals surface area contributed by atoms with Gasteiger partial charge in [0, 0.05) is 11.4 Å². The molecule has 0 spiro atoms. The van der Waals surface area contributed by atoms with Crippen LogP contribution in [0.5, 0.6) is 17.2 Å². The van der Waals surface area contributed by atoms with E-state index in [4.69, 9.17) is 9.47 Å². The number of methoxy groups -OCH3 is 1. The Kier molecular flexibility index (Phi) is 4.74. The fourth-order valence-corrected chi connectivity index (χ4v) is 2.04. The third kappa shape index (κ3) is 3.49. The first kappa shape index (κ1) is 15.2. The van der Waals surface area contributed by atoms with Gasteiger partial charge >= 0.3 is 0 Å². The van der Waals surface area contributed by atoms with Crippen LogP contribution in [0.15, 0.2) is 36.4 Å². The molecule has 0 aliphatic carbocycles. The van der Waals surface area contributed by atoms with Crippen molar-refractivity contribution in [1.29, 1.82) is 0 Å². The summed E-state index contributed by atoms with van der Waals surface area (Å²) in [5, 5.41) is 11.3. The molecule has 21 heavy (non-hydrogen) atoms. The van der Waals surface area contributed by atoms with E-state index in [1.807, 2.05) is 0 Å². The summed E-state index contributed by atoms with van der Waals surface area (Å²) < 4.78 is 24.4. The molecule has 7 heteroatoms. The van der Waals surface area contributed by atoms with Crippen molar-refractivity contribution in [2.75, 3.05) is 7.11 Å². The third-order valence-electron chi connectivity index (χ3n) is 2.73. The minimum absolute atomic E-state index is 0.0292. The van der Waals surface area contributed by atoms with E-state index in [9.17, 15) is 14.5 Å². The molecule has 110 valence electrons. The van der Waals surface area contributed by atoms with Gasteiger partial charge in [-0.15, -0.1) is 0 Å². The zero-order valence-corrected chi connectivity index (χ0v) is 12.6. The van der Waals surface area contributed by atoms with Crippen molar-refractivity contribution in [3.63, 3.8) is 0 Å². The predicted molar refractivity (Wildman–Crippen MR) is 78.8 cm³/mol. The summed E-state index contributed by atoms with van der Waals surface area (Å²) in [6.07, 6.45) is 0. The number of hydrogen-bond donors (Lipinski definition) is 0. The number of non-ortho nitro benzene ring substituents is 1. The molecule has 2 aromatic carbocycles. The molecular weight excluding hydrogens is 345 g/mol. The number of benzene rings is 2. The molecule has 2 rings (SSSR count). The molecule has 2 aromatic rings. The largest absolute Gasteiger partial charge is 0.493 e. The molecule has 5 nitrogen and oxygen atoms in total. The third-order valence-corrected chi connectivity index (χ3v) is 3.38. The first-order chi connectivity index (χ1) is 10.0. The number of hydrogen-bond acceptors (Lipinski definition) is 4. The lowest BCUT2D eigenvalue weighted by Crippen LogP contribution is -1.95. The van der Waals surface area contributed by atoms with Crippen LogP contribution in [-0.4, -0.2) is 12.0 Å². The molecule has 0 bridgehead atoms. The smallest absolute Gasteiger partial charge is 0.273 e. The van der Waals surface area contributed by atoms with Gasteiger partial charge in [0.15, 0.2) is 23.1 Å². The van der Waals surface area contributed by atoms with Crippen LogP contribution in [0, 0.1) is 15.9 Å². The highest BCUT2D eigenvalue weighted by Crippen LogP contribution is 2.35. The Morgan fingerprint density at radius 3 is 2.48 bits per heavy atom. The number of nitro groups is 1. The molecular formula is C14H11BrFNO4. The molecule has 0 saturated heterocycles. The highest BCUT2D eigenvalue weighted by molar-refractivity contribution is 9.08. The zero-order valence-electron chi connectivity index (χ0n) is 11.0. The summed E-state index contributed by atoms with van der Waals surface area (Å²) in [6, 6.07) is 8.36. The minimum atomic E-state index is -0.559. The molecule has 0 saturated carbocycles. The fourth-order valence-electron chi connectivity index (χ4n) is 1.69. The monoisotopic (exact) mass is 355 g/mol. The normalized spacial score (nSPS) is 10.2. The maximum atomic E-state index is 13.9. The number of halogens is 2. The molecule has 0 aliphatic rings. The molecule has 0 unspecified atom stereocenters. The average Bonchev–Trinajstić information content (AvgIpc) is 2.49. The van der Waals surface area contributed by atoms with E-state index in [1.54, 1.807) is 6.07 Å². The van der Waals surface area contributed by atoms with Gasteiger partial charge in [-0.2, -0.15) is 0 Å². The Balaban J connectivity index is 2.38. The molecule has 0 N–H and O–H groups in total. The minimum Gasteiger partial charge on any atom is -0.493 e. The Hall–Kier alpha value is -2.15. The van der Waals surface area contributed by atoms with Crippen molar-refractivity contribution >= 4 is 21.6 Å². The van der Waals surface area contributed by atoms with Crippen molar-refractivity contribution in [2.45, 2.75) is 5.33 Å². The topological polar surface area (TPSA) is 61.6 Å². The first-order valence-corrected chi connectivity index (χ1v) is 7.02. The Morgan fingerprint density at radius 1 is 1.19 bits per heavy atom. The van der Waals surface area contributed by atoms with E-state index in [-0.39, 0.29) is 22.9 Å². The standard InChI is InChI=1S/C14H11BrFNO4/c1-20-13-5-3-10(17(18)19)7-14(13)21-12-4-2-9(8-15)6-11(12)16/h2-7H,8H2,1H3. The first-order valence-electron chi connectivity index (χ1n) is 5.90. The Morgan fingerprint density at radius 2 is 1.90 bits per heavy atom. The van der Waals surface area contributed by atoms with Gasteiger partial charge in [-0.3, -0.25) is 10.1 Å². The van der Waals surface area contributed by atoms with Crippen LogP contribution < -0.4 is 9.47 Å². The maximum Gasteiger partial charge on any atom is 0.273 e. The summed E-state index contributed by atoms with van der Waals surface area (Å²) in [4.78, 5) is 10.2. The highest BCUT2D eigenvalue weighted by Gasteiger charge is 2.15. The molecule has 0 radical (unpaired) electrons. The van der Waals surface area contributed by atoms with E-state index >= 15 is 0 Å². The van der Waals surface area contributed by atoms with Gasteiger partial charge in [-0.1, -0.05) is 22.0 Å². The second-order valence-electron chi connectivity index (χ2n) is 4.09. The Bertz CT molecular complexity index is 678. The van der Waals surface area contributed by atoms with Gasteiger partial charge in [-0.25, -0.2) is 4.39 Å². The number of alkyl halides is 1. The van der Waals surface area contributed by atoms with Crippen molar-refractivity contribution in [2.24, 2.45) is 0 Å². The zero-order chi connectivity index (χ0) is 15.4. The van der Waals surface area contributed by atoms with Gasteiger partial charge in [0.2, 0.25) is 0 Å². The van der Waals surface area contributed by atoms with Crippen LogP contribution >= 0.6 is 15.9 Å². The predicted octanol–water partition coefficient (Wildman–Crippen LogP) is 4.43. The lowest BCUT2D eigenvalue weighted by atomic mass is 10.2. The van der Waals surface area contributed by atoms with E-state index < -0.39 is 10.7 Å². The van der Waals surface area contributed by atoms with E-state index in [0.29, 0.717) is 5.33 Å². The lowest BCUT2D eigenvalue weighted by molar-refractivity contribution is -0.384. The van der Waals surface area contributed by atoms with Crippen LogP contribution in [0.3, 0.4) is 0 Å². The lowest BCUT2D eigenvalue weighted by Gasteiger charge is -2.11. The number of nitrogens with zero attached hydrogens (tertiary/aromatic N) is 1. The SMILES string of the molecule is COc1ccc([N+](=O)[O-])cc1Oc1ccc(CBr)cc1F. The molecule has 0 fully saturated rings. The number of nitro benzene ring substituents is 1. The van der Waals surface area contributed by atoms with Gasteiger partial charge in [0.05, 0.1) is 18.1 Å². The van der Waals surface area contributed by atoms with Crippen LogP contribution in [0.25, 0.3) is 0 Å². The maximum absolute atomic E-state index is 13.9. The van der Waals surface area contributed by atoms with Crippen molar-refractivity contribution in [3.8, 4) is 17.2 Å². The van der Waals surface area contributed by atoms with E-state index in [2.05, 4.69) is 15.9 Å². The van der Waals surface area contributed by atoms with Gasteiger partial charge in [0.25, 0.3) is 5.69 Å². The summed E-state index contributed by atoms with van der Waals surface area (Å²) in [7, 11) is 1.40. The van der Waals surface area contributed by atoms with Crippen molar-refractivity contribution in [1.82, 2.24) is 0 Å². The summed E-state index contributed by atoms with van der Waals surface area (Å²) >= 11 is 3.23. The summed E-state index contributed by atoms with van der Waals surface area (Å²) in [5.74, 6) is -0.222. The van der Waals surface area contributed by atoms with Crippen LogP contribution in [-0.2, 0) is 5.33 Å². The average molecular weight is 356 g/mol. The van der Waals surface area contributed by atoms with Gasteiger partial charge < -0.3 is 9.47 Å². The molecule has 0 heterocycles. The molecule has 0 atom stereocenters. The fraction of sp³-hybridized carbons (Fsp3) is 0.143. The molecule has 0 aliphatic heterocycles. The van der Waals surface area contributed by atoms with Crippen LogP contribution in [0.1, 0.15) is 5.56 Å². The highest BCUT2D eigenvalue weighted by atomic mass is 79.9. The molecule has 0 amide bonds. The van der Waals surface area contributed by atoms with Crippen LogP contribution in [0.2, 0.25) is 0 Å². The van der Waals surface area contributed by atoms with Gasteiger partial charge in [0.1, 0.15) is 0 Å². The van der Waals surface area contributed by atoms with Crippen LogP contribution in [0.4, 0.5) is 10.1 Å². The quantitative estimate of drug-likeness (QED) is 0.452. The second-order valence-corrected chi connectivity index (χ2v) is 4.65. The van der Waals surface area contributed by atoms with Crippen molar-refractivity contribution < 1.29 is 18.8 Å². The van der Waals surface area contributed by atoms with Gasteiger partial charge in [-0.05, 0) is 23.8 Å².